The summed E-state index contributed by atoms with van der Waals surface area (Å²) < 4.78 is 27.8. The molecule has 1 aliphatic heterocycles. The van der Waals surface area contributed by atoms with E-state index >= 15 is 0 Å². The number of para-hydroxylation sites is 1. The molecule has 2 heterocycles. The molecule has 45 heavy (non-hydrogen) atoms. The Morgan fingerprint density at radius 3 is 2.44 bits per heavy atom. The molecule has 0 unspecified atom stereocenters. The van der Waals surface area contributed by atoms with Gasteiger partial charge in [-0.1, -0.05) is 53.8 Å². The van der Waals surface area contributed by atoms with Crippen LogP contribution in [0.5, 0.6) is 0 Å². The molecule has 1 aliphatic rings. The zero-order chi connectivity index (χ0) is 31.9. The maximum Gasteiger partial charge on any atom is 0.332 e. The number of nitrogens with one attached hydrogen (secondary N) is 2. The van der Waals surface area contributed by atoms with Crippen LogP contribution in [0, 0.1) is 11.6 Å². The number of hydrazine groups is 1. The van der Waals surface area contributed by atoms with Gasteiger partial charge in [-0.15, -0.1) is 6.58 Å². The van der Waals surface area contributed by atoms with E-state index in [9.17, 15) is 23.2 Å². The number of nitrogens with zero attached hydrogens (tertiary/aromatic N) is 4. The molecule has 4 aromatic rings. The average molecular weight is 634 g/mol. The Bertz CT molecular complexity index is 1680. The van der Waals surface area contributed by atoms with Crippen LogP contribution < -0.4 is 16.4 Å². The Hall–Kier alpha value is -4.88. The lowest BCUT2D eigenvalue weighted by Crippen LogP contribution is -2.54. The number of carbonyl (C=O) groups is 3. The summed E-state index contributed by atoms with van der Waals surface area (Å²) in [6, 6.07) is 15.8. The Morgan fingerprint density at radius 2 is 1.76 bits per heavy atom. The van der Waals surface area contributed by atoms with Crippen molar-refractivity contribution in [3.8, 4) is 0 Å². The van der Waals surface area contributed by atoms with E-state index in [1.807, 2.05) is 18.2 Å². The fraction of sp³-hybridized carbons (Fsp3) is 0.250. The fourth-order valence-corrected chi connectivity index (χ4v) is 5.93. The normalized spacial score (nSPS) is 16.0. The minimum Gasteiger partial charge on any atom is -0.375 e. The maximum atomic E-state index is 14.1. The number of halogens is 2. The second-order valence-corrected chi connectivity index (χ2v) is 11.6. The van der Waals surface area contributed by atoms with Crippen LogP contribution >= 0.6 is 11.3 Å². The molecule has 5 rings (SSSR count). The molecule has 1 atom stereocenters. The third-order valence-electron chi connectivity index (χ3n) is 7.37. The topological polar surface area (TPSA) is 124 Å². The smallest absolute Gasteiger partial charge is 0.332 e. The van der Waals surface area contributed by atoms with Gasteiger partial charge in [-0.2, -0.15) is 0 Å². The predicted molar refractivity (Wildman–Crippen MR) is 169 cm³/mol. The van der Waals surface area contributed by atoms with Gasteiger partial charge in [0.2, 0.25) is 11.8 Å². The van der Waals surface area contributed by atoms with Gasteiger partial charge >= 0.3 is 6.03 Å². The predicted octanol–water partition coefficient (Wildman–Crippen LogP) is 3.84. The number of rotatable bonds is 9. The third-order valence-corrected chi connectivity index (χ3v) is 8.22. The highest BCUT2D eigenvalue weighted by molar-refractivity contribution is 7.22. The van der Waals surface area contributed by atoms with Crippen LogP contribution in [0.2, 0.25) is 0 Å². The highest BCUT2D eigenvalue weighted by Crippen LogP contribution is 2.27. The van der Waals surface area contributed by atoms with Crippen molar-refractivity contribution in [2.75, 3.05) is 31.9 Å². The number of urea groups is 1. The Morgan fingerprint density at radius 1 is 1.07 bits per heavy atom. The number of anilines is 1. The van der Waals surface area contributed by atoms with E-state index in [1.165, 1.54) is 46.7 Å². The minimum absolute atomic E-state index is 0.0902. The van der Waals surface area contributed by atoms with E-state index in [0.29, 0.717) is 21.8 Å². The second kappa shape index (κ2) is 14.3. The van der Waals surface area contributed by atoms with Gasteiger partial charge in [0.15, 0.2) is 5.13 Å². The van der Waals surface area contributed by atoms with E-state index < -0.39 is 23.8 Å². The molecule has 3 aromatic carbocycles. The van der Waals surface area contributed by atoms with Crippen molar-refractivity contribution >= 4 is 44.5 Å². The largest absolute Gasteiger partial charge is 0.375 e. The molecule has 4 amide bonds. The minimum atomic E-state index is -0.942. The number of aromatic nitrogens is 1. The van der Waals surface area contributed by atoms with Gasteiger partial charge in [0, 0.05) is 32.6 Å². The number of nitrogens with two attached hydrogens (primary N) is 1. The van der Waals surface area contributed by atoms with Crippen LogP contribution in [0.25, 0.3) is 10.2 Å². The fourth-order valence-electron chi connectivity index (χ4n) is 5.15. The van der Waals surface area contributed by atoms with E-state index in [0.717, 1.165) is 10.3 Å². The van der Waals surface area contributed by atoms with Crippen molar-refractivity contribution < 1.29 is 23.2 Å². The van der Waals surface area contributed by atoms with E-state index in [2.05, 4.69) is 22.2 Å². The molecule has 0 bridgehead atoms. The van der Waals surface area contributed by atoms with Gasteiger partial charge < -0.3 is 21.3 Å². The molecule has 4 N–H and O–H groups in total. The molecular weight excluding hydrogens is 600 g/mol. The van der Waals surface area contributed by atoms with Crippen LogP contribution in [0.15, 0.2) is 79.4 Å². The quantitative estimate of drug-likeness (QED) is 0.241. The number of amides is 4. The zero-order valence-corrected chi connectivity index (χ0v) is 25.2. The molecule has 0 radical (unpaired) electrons. The van der Waals surface area contributed by atoms with Crippen molar-refractivity contribution in [1.29, 1.82) is 0 Å². The van der Waals surface area contributed by atoms with Crippen LogP contribution in [0.3, 0.4) is 0 Å². The van der Waals surface area contributed by atoms with Crippen LogP contribution in [-0.4, -0.2) is 70.0 Å². The molecule has 0 saturated carbocycles. The summed E-state index contributed by atoms with van der Waals surface area (Å²) in [6.45, 7) is 4.28. The molecule has 234 valence electrons. The van der Waals surface area contributed by atoms with Crippen LogP contribution in [0.4, 0.5) is 18.7 Å². The molecular formula is C32H33F2N7O3S. The first-order valence-electron chi connectivity index (χ1n) is 14.3. The highest BCUT2D eigenvalue weighted by Gasteiger charge is 2.32. The number of nitrogen functional groups attached to an aromatic ring is 1. The van der Waals surface area contributed by atoms with E-state index in [-0.39, 0.29) is 57.4 Å². The van der Waals surface area contributed by atoms with Gasteiger partial charge in [0.1, 0.15) is 17.7 Å². The standard InChI is InChI=1S/C32H33F2N7O3S/c1-2-14-41(32(44)36-18-22-8-12-25(34)13-9-22)40-16-15-39(19-23-4-3-5-27-29(23)38-31(35)45-27)30(43)26(37-28(42)20-40)17-21-6-10-24(33)11-7-21/h2-13,26H,1,14-20H2,(H2,35,38)(H,36,44)(H,37,42)/t26-/m0/s1. The van der Waals surface area contributed by atoms with Gasteiger partial charge in [-0.3, -0.25) is 14.6 Å². The van der Waals surface area contributed by atoms with Gasteiger partial charge in [0.25, 0.3) is 0 Å². The van der Waals surface area contributed by atoms with Crippen LogP contribution in [0.1, 0.15) is 16.7 Å². The van der Waals surface area contributed by atoms with Crippen molar-refractivity contribution in [3.63, 3.8) is 0 Å². The number of thiazole rings is 1. The number of hydrogen-bond donors (Lipinski definition) is 3. The summed E-state index contributed by atoms with van der Waals surface area (Å²) in [5.74, 6) is -1.58. The van der Waals surface area contributed by atoms with Gasteiger partial charge in [-0.05, 0) is 47.0 Å². The molecule has 0 spiro atoms. The lowest BCUT2D eigenvalue weighted by molar-refractivity contribution is -0.136. The molecule has 10 nitrogen and oxygen atoms in total. The summed E-state index contributed by atoms with van der Waals surface area (Å²) in [6.07, 6.45) is 1.68. The highest BCUT2D eigenvalue weighted by atomic mass is 32.1. The number of fused-ring (bicyclic) bond motifs is 1. The van der Waals surface area contributed by atoms with Crippen molar-refractivity contribution in [1.82, 2.24) is 30.5 Å². The number of benzene rings is 3. The van der Waals surface area contributed by atoms with E-state index in [4.69, 9.17) is 5.73 Å². The summed E-state index contributed by atoms with van der Waals surface area (Å²) in [5.41, 5.74) is 8.82. The number of hydrogen-bond acceptors (Lipinski definition) is 7. The molecule has 1 saturated heterocycles. The van der Waals surface area contributed by atoms with Crippen molar-refractivity contribution in [2.45, 2.75) is 25.6 Å². The van der Waals surface area contributed by atoms with Crippen molar-refractivity contribution in [3.05, 3.63) is 108 Å². The first kappa shape index (κ1) is 31.5. The maximum absolute atomic E-state index is 14.1. The monoisotopic (exact) mass is 633 g/mol. The Balaban J connectivity index is 1.41. The lowest BCUT2D eigenvalue weighted by atomic mass is 10.0. The first-order valence-corrected chi connectivity index (χ1v) is 15.1. The van der Waals surface area contributed by atoms with Crippen molar-refractivity contribution in [2.24, 2.45) is 0 Å². The van der Waals surface area contributed by atoms with E-state index in [1.54, 1.807) is 34.2 Å². The molecule has 0 aliphatic carbocycles. The number of carbonyl (C=O) groups excluding carboxylic acids is 3. The third kappa shape index (κ3) is 7.99. The lowest BCUT2D eigenvalue weighted by Gasteiger charge is -2.34. The second-order valence-electron chi connectivity index (χ2n) is 10.6. The Labute approximate surface area is 263 Å². The average Bonchev–Trinajstić information content (AvgIpc) is 3.43. The molecule has 1 fully saturated rings. The molecule has 13 heteroatoms. The Kier molecular flexibility index (Phi) is 10.0. The zero-order valence-electron chi connectivity index (χ0n) is 24.4. The summed E-state index contributed by atoms with van der Waals surface area (Å²) >= 11 is 1.35. The summed E-state index contributed by atoms with van der Waals surface area (Å²) in [4.78, 5) is 46.9. The SMILES string of the molecule is C=CCN(C(=O)NCc1ccc(F)cc1)N1CCN(Cc2cccc3sc(N)nc23)C(=O)[C@H](Cc2ccc(F)cc2)NC(=O)C1. The summed E-state index contributed by atoms with van der Waals surface area (Å²) in [7, 11) is 0. The van der Waals surface area contributed by atoms with Gasteiger partial charge in [0.05, 0.1) is 23.3 Å². The van der Waals surface area contributed by atoms with Crippen LogP contribution in [-0.2, 0) is 29.1 Å². The van der Waals surface area contributed by atoms with Gasteiger partial charge in [-0.25, -0.2) is 23.6 Å². The first-order chi connectivity index (χ1) is 21.7. The molecule has 1 aromatic heterocycles. The summed E-state index contributed by atoms with van der Waals surface area (Å²) in [5, 5.41) is 8.99.